The van der Waals surface area contributed by atoms with Gasteiger partial charge in [-0.2, -0.15) is 0 Å². The van der Waals surface area contributed by atoms with Crippen LogP contribution >= 0.6 is 0 Å². The van der Waals surface area contributed by atoms with Crippen LogP contribution in [0.3, 0.4) is 0 Å². The predicted octanol–water partition coefficient (Wildman–Crippen LogP) is 12.0. The van der Waals surface area contributed by atoms with Gasteiger partial charge in [0.1, 0.15) is 22.8 Å². The Hall–Kier alpha value is -7.24. The second kappa shape index (κ2) is 12.2. The number of nitrogens with one attached hydrogen (secondary N) is 1. The number of hydrogen-bond acceptors (Lipinski definition) is 4. The molecule has 254 valence electrons. The zero-order valence-electron chi connectivity index (χ0n) is 29.1. The van der Waals surface area contributed by atoms with Crippen molar-refractivity contribution in [1.29, 1.82) is 0 Å². The molecule has 2 aromatic heterocycles. The molecule has 1 aliphatic rings. The molecule has 0 amide bonds. The van der Waals surface area contributed by atoms with Crippen molar-refractivity contribution in [3.63, 3.8) is 0 Å². The molecule has 5 heteroatoms. The van der Waals surface area contributed by atoms with Gasteiger partial charge in [0.15, 0.2) is 6.17 Å². The third-order valence-corrected chi connectivity index (χ3v) is 10.7. The zero-order valence-corrected chi connectivity index (χ0v) is 29.1. The summed E-state index contributed by atoms with van der Waals surface area (Å²) in [5.74, 6) is 1.54. The van der Waals surface area contributed by atoms with E-state index >= 15 is 0 Å². The summed E-state index contributed by atoms with van der Waals surface area (Å²) >= 11 is 0. The topological polar surface area (TPSA) is 54.8 Å². The van der Waals surface area contributed by atoms with Gasteiger partial charge in [-0.25, -0.2) is 9.98 Å². The van der Waals surface area contributed by atoms with Gasteiger partial charge < -0.3 is 14.3 Å². The molecule has 54 heavy (non-hydrogen) atoms. The quantitative estimate of drug-likeness (QED) is 0.195. The number of furan rings is 1. The summed E-state index contributed by atoms with van der Waals surface area (Å²) in [6, 6.07) is 63.9. The number of hydrogen-bond donors (Lipinski definition) is 1. The number of para-hydroxylation sites is 3. The highest BCUT2D eigenvalue weighted by Crippen LogP contribution is 2.40. The van der Waals surface area contributed by atoms with Crippen molar-refractivity contribution >= 4 is 66.2 Å². The molecule has 1 aliphatic heterocycles. The van der Waals surface area contributed by atoms with Crippen LogP contribution in [0.2, 0.25) is 0 Å². The van der Waals surface area contributed by atoms with Crippen molar-refractivity contribution in [3.8, 4) is 16.8 Å². The Labute approximate surface area is 311 Å². The summed E-state index contributed by atoms with van der Waals surface area (Å²) in [5, 5.41) is 10.7. The van der Waals surface area contributed by atoms with Gasteiger partial charge in [-0.1, -0.05) is 152 Å². The maximum absolute atomic E-state index is 6.25. The van der Waals surface area contributed by atoms with Crippen molar-refractivity contribution in [3.05, 3.63) is 199 Å². The number of aliphatic imine (C=N–C) groups is 2. The Bertz CT molecular complexity index is 3130. The monoisotopic (exact) mass is 692 g/mol. The van der Waals surface area contributed by atoms with Crippen LogP contribution in [0.1, 0.15) is 22.9 Å². The van der Waals surface area contributed by atoms with E-state index in [1.54, 1.807) is 0 Å². The molecule has 0 spiro atoms. The minimum atomic E-state index is -0.445. The third-order valence-electron chi connectivity index (χ3n) is 10.7. The first kappa shape index (κ1) is 30.4. The predicted molar refractivity (Wildman–Crippen MR) is 223 cm³/mol. The van der Waals surface area contributed by atoms with Gasteiger partial charge in [-0.3, -0.25) is 0 Å². The summed E-state index contributed by atoms with van der Waals surface area (Å²) < 4.78 is 8.67. The first-order valence-corrected chi connectivity index (χ1v) is 18.3. The van der Waals surface area contributed by atoms with E-state index < -0.39 is 6.17 Å². The first-order valence-electron chi connectivity index (χ1n) is 18.3. The van der Waals surface area contributed by atoms with E-state index in [1.165, 1.54) is 32.6 Å². The Morgan fingerprint density at radius 1 is 0.444 bits per heavy atom. The maximum atomic E-state index is 6.25. The molecule has 8 aromatic carbocycles. The number of rotatable bonds is 5. The summed E-state index contributed by atoms with van der Waals surface area (Å²) in [7, 11) is 0. The molecule has 1 atom stereocenters. The summed E-state index contributed by atoms with van der Waals surface area (Å²) in [6.07, 6.45) is -0.445. The summed E-state index contributed by atoms with van der Waals surface area (Å²) in [4.78, 5) is 10.4. The average molecular weight is 693 g/mol. The molecule has 0 fully saturated rings. The molecular formula is C49H32N4O. The van der Waals surface area contributed by atoms with Crippen molar-refractivity contribution in [2.45, 2.75) is 6.17 Å². The van der Waals surface area contributed by atoms with Crippen LogP contribution in [0, 0.1) is 0 Å². The van der Waals surface area contributed by atoms with Gasteiger partial charge in [0.2, 0.25) is 0 Å². The van der Waals surface area contributed by atoms with Crippen LogP contribution in [0.25, 0.3) is 71.3 Å². The molecule has 0 bridgehead atoms. The molecule has 0 aliphatic carbocycles. The van der Waals surface area contributed by atoms with Gasteiger partial charge in [-0.05, 0) is 52.2 Å². The van der Waals surface area contributed by atoms with E-state index in [0.717, 1.165) is 67.1 Å². The molecule has 0 radical (unpaired) electrons. The number of nitrogens with zero attached hydrogens (tertiary/aromatic N) is 3. The molecule has 10 aromatic rings. The highest BCUT2D eigenvalue weighted by molar-refractivity contribution is 6.24. The molecule has 11 rings (SSSR count). The zero-order chi connectivity index (χ0) is 35.6. The second-order valence-electron chi connectivity index (χ2n) is 13.8. The Morgan fingerprint density at radius 3 is 2.02 bits per heavy atom. The second-order valence-corrected chi connectivity index (χ2v) is 13.8. The van der Waals surface area contributed by atoms with Crippen LogP contribution in [-0.4, -0.2) is 16.2 Å². The highest BCUT2D eigenvalue weighted by Gasteiger charge is 2.24. The molecule has 0 saturated carbocycles. The van der Waals surface area contributed by atoms with Gasteiger partial charge in [0, 0.05) is 38.2 Å². The van der Waals surface area contributed by atoms with E-state index in [0.29, 0.717) is 0 Å². The molecule has 3 heterocycles. The van der Waals surface area contributed by atoms with Crippen molar-refractivity contribution in [1.82, 2.24) is 9.88 Å². The van der Waals surface area contributed by atoms with E-state index in [2.05, 4.69) is 143 Å². The average Bonchev–Trinajstić information content (AvgIpc) is 3.80. The lowest BCUT2D eigenvalue weighted by Crippen LogP contribution is -2.36. The largest absolute Gasteiger partial charge is 0.456 e. The van der Waals surface area contributed by atoms with Gasteiger partial charge in [0.05, 0.1) is 16.7 Å². The molecule has 5 nitrogen and oxygen atoms in total. The van der Waals surface area contributed by atoms with Crippen molar-refractivity contribution in [2.24, 2.45) is 9.98 Å². The van der Waals surface area contributed by atoms with E-state index in [1.807, 2.05) is 48.5 Å². The molecule has 0 saturated heterocycles. The minimum absolute atomic E-state index is 0.445. The SMILES string of the molecule is c1ccc(C2=NC(c3ccc(-c4ccccc4-n4c5ccccc5c5c6ccccc6ccc54)cc3)N=C(c3cccc4oc5ccccc5c34)N2)cc1. The Balaban J connectivity index is 1.04. The first-order chi connectivity index (χ1) is 26.8. The summed E-state index contributed by atoms with van der Waals surface area (Å²) in [5.41, 5.74) is 10.5. The van der Waals surface area contributed by atoms with E-state index in [4.69, 9.17) is 14.4 Å². The fraction of sp³-hybridized carbons (Fsp3) is 0.0204. The fourth-order valence-electron chi connectivity index (χ4n) is 8.20. The standard InChI is InChI=1S/C49H32N4O/c1-2-14-33(15-3-1)47-50-48(52-49(51-47)39-20-12-24-44-46(39)38-19-8-11-23-43(38)54-44)34-27-25-32(26-28-34)35-16-6-9-21-40(35)53-41-22-10-7-18-37(41)45-36-17-5-4-13-31(36)29-30-42(45)53/h1-30,48H,(H,50,51,52). The van der Waals surface area contributed by atoms with E-state index in [-0.39, 0.29) is 0 Å². The highest BCUT2D eigenvalue weighted by atomic mass is 16.3. The van der Waals surface area contributed by atoms with Gasteiger partial charge in [0.25, 0.3) is 0 Å². The number of benzene rings is 8. The fourth-order valence-corrected chi connectivity index (χ4v) is 8.20. The van der Waals surface area contributed by atoms with Crippen LogP contribution < -0.4 is 5.32 Å². The molecular weight excluding hydrogens is 661 g/mol. The van der Waals surface area contributed by atoms with Gasteiger partial charge >= 0.3 is 0 Å². The smallest absolute Gasteiger partial charge is 0.169 e. The minimum Gasteiger partial charge on any atom is -0.456 e. The van der Waals surface area contributed by atoms with Crippen molar-refractivity contribution < 1.29 is 4.42 Å². The number of fused-ring (bicyclic) bond motifs is 8. The van der Waals surface area contributed by atoms with Crippen molar-refractivity contribution in [2.75, 3.05) is 0 Å². The molecule has 1 N–H and O–H groups in total. The molecule has 1 unspecified atom stereocenters. The normalized spacial score (nSPS) is 14.5. The lowest BCUT2D eigenvalue weighted by atomic mass is 10.0. The van der Waals surface area contributed by atoms with Crippen LogP contribution in [0.15, 0.2) is 196 Å². The maximum Gasteiger partial charge on any atom is 0.169 e. The van der Waals surface area contributed by atoms with E-state index in [9.17, 15) is 0 Å². The Kier molecular flexibility index (Phi) is 6.85. The van der Waals surface area contributed by atoms with Crippen LogP contribution in [0.4, 0.5) is 0 Å². The summed E-state index contributed by atoms with van der Waals surface area (Å²) in [6.45, 7) is 0. The number of amidine groups is 2. The lowest BCUT2D eigenvalue weighted by molar-refractivity contribution is 0.669. The lowest BCUT2D eigenvalue weighted by Gasteiger charge is -2.23. The number of aromatic nitrogens is 1. The van der Waals surface area contributed by atoms with Crippen LogP contribution in [-0.2, 0) is 0 Å². The van der Waals surface area contributed by atoms with Crippen LogP contribution in [0.5, 0.6) is 0 Å². The van der Waals surface area contributed by atoms with Gasteiger partial charge in [-0.15, -0.1) is 0 Å². The Morgan fingerprint density at radius 2 is 1.13 bits per heavy atom. The third kappa shape index (κ3) is 4.79.